The fourth-order valence-electron chi connectivity index (χ4n) is 7.08. The summed E-state index contributed by atoms with van der Waals surface area (Å²) in [6, 6.07) is 1.58. The molecule has 0 bridgehead atoms. The molecule has 1 heterocycles. The smallest absolute Gasteiger partial charge is 0.248 e. The molecule has 0 aromatic heterocycles. The van der Waals surface area contributed by atoms with Crippen molar-refractivity contribution in [2.45, 2.75) is 142 Å². The van der Waals surface area contributed by atoms with Crippen LogP contribution in [0.1, 0.15) is 93.1 Å². The highest BCUT2D eigenvalue weighted by atomic mass is 16.5. The number of rotatable bonds is 21. The summed E-state index contributed by atoms with van der Waals surface area (Å²) in [5, 5.41) is 18.3. The zero-order valence-corrected chi connectivity index (χ0v) is 39.7. The lowest BCUT2D eigenvalue weighted by atomic mass is 9.99. The van der Waals surface area contributed by atoms with Gasteiger partial charge in [-0.2, -0.15) is 0 Å². The Labute approximate surface area is 373 Å². The third-order valence-corrected chi connectivity index (χ3v) is 11.1. The van der Waals surface area contributed by atoms with E-state index in [0.717, 1.165) is 19.3 Å². The number of amides is 8. The molecule has 0 unspecified atom stereocenters. The minimum Gasteiger partial charge on any atom is -0.391 e. The Balaban J connectivity index is 2.50. The van der Waals surface area contributed by atoms with Crippen molar-refractivity contribution in [1.82, 2.24) is 40.4 Å². The summed E-state index contributed by atoms with van der Waals surface area (Å²) in [6.07, 6.45) is 1.20. The molecule has 1 aromatic carbocycles. The molecule has 7 atom stereocenters. The summed E-state index contributed by atoms with van der Waals surface area (Å²) < 4.78 is 5.99. The molecule has 0 saturated carbocycles. The number of likely N-dealkylation sites (tertiary alicyclic amines) is 1. The van der Waals surface area contributed by atoms with Gasteiger partial charge in [0, 0.05) is 61.7 Å². The Bertz CT molecular complexity index is 1730. The SMILES string of the molecule is CC(=O)N[C@H](C(=O)N(C)[C@@H](CC(C)C)C(=O)N(C)[C@@H](C)C(=O)N(C)[C@@H](Cc1ccccc1)C(=O)N[C@@H](COC(C)(C)C)C(=O)N[C@@H](CC(=O)N(C)C)C(=O)N1CCCCC1)[C@@H](C)O. The van der Waals surface area contributed by atoms with Gasteiger partial charge in [-0.3, -0.25) is 38.4 Å². The summed E-state index contributed by atoms with van der Waals surface area (Å²) in [5.41, 5.74) is -0.0526. The Kier molecular flexibility index (Phi) is 21.2. The molecule has 354 valence electrons. The fourth-order valence-corrected chi connectivity index (χ4v) is 7.08. The van der Waals surface area contributed by atoms with Gasteiger partial charge in [0.05, 0.1) is 24.7 Å². The van der Waals surface area contributed by atoms with E-state index in [0.29, 0.717) is 18.7 Å². The van der Waals surface area contributed by atoms with Crippen molar-refractivity contribution >= 4 is 47.3 Å². The van der Waals surface area contributed by atoms with Crippen LogP contribution >= 0.6 is 0 Å². The summed E-state index contributed by atoms with van der Waals surface area (Å²) in [7, 11) is 7.36. The molecule has 1 aliphatic heterocycles. The Hall–Kier alpha value is -5.10. The minimum absolute atomic E-state index is 0.0122. The number of carbonyl (C=O) groups is 8. The van der Waals surface area contributed by atoms with E-state index >= 15 is 0 Å². The highest BCUT2D eigenvalue weighted by Crippen LogP contribution is 2.19. The molecular weight excluding hydrogens is 813 g/mol. The number of hydrogen-bond donors (Lipinski definition) is 4. The number of aliphatic hydroxyl groups is 1. The number of nitrogens with one attached hydrogen (secondary N) is 3. The lowest BCUT2D eigenvalue weighted by molar-refractivity contribution is -0.153. The number of hydrogen-bond acceptors (Lipinski definition) is 10. The number of nitrogens with zero attached hydrogens (tertiary/aromatic N) is 5. The van der Waals surface area contributed by atoms with E-state index in [-0.39, 0.29) is 37.7 Å². The normalized spacial score (nSPS) is 16.3. The van der Waals surface area contributed by atoms with Gasteiger partial charge in [-0.15, -0.1) is 0 Å². The Morgan fingerprint density at radius 3 is 1.79 bits per heavy atom. The molecule has 63 heavy (non-hydrogen) atoms. The minimum atomic E-state index is -1.36. The van der Waals surface area contributed by atoms with Crippen molar-refractivity contribution in [3.63, 3.8) is 0 Å². The third-order valence-electron chi connectivity index (χ3n) is 11.1. The molecule has 2 rings (SSSR count). The number of carbonyl (C=O) groups excluding carboxylic acids is 8. The molecule has 18 nitrogen and oxygen atoms in total. The maximum Gasteiger partial charge on any atom is 0.248 e. The summed E-state index contributed by atoms with van der Waals surface area (Å²) in [4.78, 5) is 116. The van der Waals surface area contributed by atoms with Crippen molar-refractivity contribution in [2.24, 2.45) is 5.92 Å². The molecule has 18 heteroatoms. The zero-order chi connectivity index (χ0) is 47.9. The number of piperidine rings is 1. The van der Waals surface area contributed by atoms with Crippen LogP contribution in [-0.2, 0) is 49.5 Å². The standard InChI is InChI=1S/C45H74N8O10/c1-28(2)24-36(52(13)44(62)38(30(4)54)46-31(5)55)43(61)50(11)29(3)41(59)51(12)35(25-32-20-16-14-17-21-32)40(58)48-34(27-63-45(6,7)8)39(57)47-33(26-37(56)49(9)10)42(60)53-22-18-15-19-23-53/h14,16-17,20-21,28-30,33-36,38,54H,15,18-19,22-27H2,1-13H3,(H,46,55)(H,47,57)(H,48,58)/t29-,30+,33-,34-,35-,36-,38-/m0/s1. The van der Waals surface area contributed by atoms with Gasteiger partial charge < -0.3 is 50.3 Å². The second-order valence-electron chi connectivity index (χ2n) is 18.2. The van der Waals surface area contributed by atoms with Crippen LogP contribution in [-0.4, -0.2) is 180 Å². The monoisotopic (exact) mass is 887 g/mol. The zero-order valence-electron chi connectivity index (χ0n) is 39.7. The van der Waals surface area contributed by atoms with Crippen molar-refractivity contribution in [3.8, 4) is 0 Å². The first-order chi connectivity index (χ1) is 29.3. The van der Waals surface area contributed by atoms with Gasteiger partial charge in [-0.05, 0) is 71.8 Å². The first-order valence-corrected chi connectivity index (χ1v) is 21.8. The highest BCUT2D eigenvalue weighted by molar-refractivity contribution is 5.97. The van der Waals surface area contributed by atoms with Crippen LogP contribution in [0.5, 0.6) is 0 Å². The lowest BCUT2D eigenvalue weighted by Gasteiger charge is -2.38. The maximum atomic E-state index is 14.5. The molecule has 4 N–H and O–H groups in total. The average Bonchev–Trinajstić information content (AvgIpc) is 3.22. The lowest BCUT2D eigenvalue weighted by Crippen LogP contribution is -2.61. The number of likely N-dealkylation sites (N-methyl/N-ethyl adjacent to an activating group) is 3. The second-order valence-corrected chi connectivity index (χ2v) is 18.2. The molecule has 0 aliphatic carbocycles. The van der Waals surface area contributed by atoms with Crippen LogP contribution in [0.3, 0.4) is 0 Å². The van der Waals surface area contributed by atoms with Gasteiger partial charge >= 0.3 is 0 Å². The van der Waals surface area contributed by atoms with Crippen LogP contribution in [0.25, 0.3) is 0 Å². The fraction of sp³-hybridized carbons (Fsp3) is 0.689. The van der Waals surface area contributed by atoms with Crippen molar-refractivity contribution < 1.29 is 48.2 Å². The van der Waals surface area contributed by atoms with Crippen LogP contribution < -0.4 is 16.0 Å². The Morgan fingerprint density at radius 1 is 0.730 bits per heavy atom. The maximum absolute atomic E-state index is 14.5. The molecule has 1 aromatic rings. The van der Waals surface area contributed by atoms with Gasteiger partial charge in [-0.25, -0.2) is 0 Å². The van der Waals surface area contributed by atoms with E-state index in [1.54, 1.807) is 70.1 Å². The second kappa shape index (κ2) is 24.7. The molecular formula is C45H74N8O10. The molecule has 0 radical (unpaired) electrons. The van der Waals surface area contributed by atoms with E-state index in [1.807, 2.05) is 13.8 Å². The number of ether oxygens (including phenoxy) is 1. The molecule has 1 fully saturated rings. The van der Waals surface area contributed by atoms with Crippen molar-refractivity contribution in [3.05, 3.63) is 35.9 Å². The predicted octanol–water partition coefficient (Wildman–Crippen LogP) is 0.937. The van der Waals surface area contributed by atoms with E-state index in [9.17, 15) is 43.5 Å². The van der Waals surface area contributed by atoms with Crippen LogP contribution in [0, 0.1) is 5.92 Å². The highest BCUT2D eigenvalue weighted by Gasteiger charge is 2.40. The van der Waals surface area contributed by atoms with Gasteiger partial charge in [0.2, 0.25) is 47.3 Å². The largest absolute Gasteiger partial charge is 0.391 e. The Morgan fingerprint density at radius 2 is 1.29 bits per heavy atom. The predicted molar refractivity (Wildman–Crippen MR) is 238 cm³/mol. The topological polar surface area (TPSA) is 218 Å². The average molecular weight is 887 g/mol. The van der Waals surface area contributed by atoms with Crippen LogP contribution in [0.2, 0.25) is 0 Å². The summed E-state index contributed by atoms with van der Waals surface area (Å²) in [5.74, 6) is -4.77. The van der Waals surface area contributed by atoms with Gasteiger partial charge in [-0.1, -0.05) is 44.2 Å². The summed E-state index contributed by atoms with van der Waals surface area (Å²) >= 11 is 0. The summed E-state index contributed by atoms with van der Waals surface area (Å²) in [6.45, 7) is 13.8. The first kappa shape index (κ1) is 54.0. The van der Waals surface area contributed by atoms with Gasteiger partial charge in [0.1, 0.15) is 36.3 Å². The van der Waals surface area contributed by atoms with Crippen LogP contribution in [0.4, 0.5) is 0 Å². The van der Waals surface area contributed by atoms with Crippen LogP contribution in [0.15, 0.2) is 30.3 Å². The molecule has 8 amide bonds. The van der Waals surface area contributed by atoms with Gasteiger partial charge in [0.15, 0.2) is 0 Å². The third kappa shape index (κ3) is 16.8. The van der Waals surface area contributed by atoms with E-state index in [2.05, 4.69) is 16.0 Å². The van der Waals surface area contributed by atoms with E-state index in [4.69, 9.17) is 4.74 Å². The number of benzene rings is 1. The van der Waals surface area contributed by atoms with Gasteiger partial charge in [0.25, 0.3) is 0 Å². The van der Waals surface area contributed by atoms with E-state index < -0.39 is 89.3 Å². The molecule has 1 saturated heterocycles. The van der Waals surface area contributed by atoms with Crippen molar-refractivity contribution in [1.29, 1.82) is 0 Å². The molecule has 0 spiro atoms. The quantitative estimate of drug-likeness (QED) is 0.137. The first-order valence-electron chi connectivity index (χ1n) is 21.8. The van der Waals surface area contributed by atoms with E-state index in [1.165, 1.54) is 61.5 Å². The van der Waals surface area contributed by atoms with Crippen molar-refractivity contribution in [2.75, 3.05) is 54.9 Å². The molecule has 1 aliphatic rings. The number of aliphatic hydroxyl groups excluding tert-OH is 1.